The van der Waals surface area contributed by atoms with Gasteiger partial charge in [-0.3, -0.25) is 4.79 Å². The van der Waals surface area contributed by atoms with Crippen molar-refractivity contribution >= 4 is 11.9 Å². The Morgan fingerprint density at radius 1 is 1.06 bits per heavy atom. The predicted octanol–water partition coefficient (Wildman–Crippen LogP) is 1.64. The number of hydrogen-bond acceptors (Lipinski definition) is 3. The summed E-state index contributed by atoms with van der Waals surface area (Å²) in [6.45, 7) is 3.85. The first kappa shape index (κ1) is 16.6. The van der Waals surface area contributed by atoms with Crippen molar-refractivity contribution in [3.8, 4) is 0 Å². The molecule has 1 amide bonds. The first-order valence-corrected chi connectivity index (χ1v) is 4.85. The number of amides is 1. The third-order valence-electron chi connectivity index (χ3n) is 1.69. The van der Waals surface area contributed by atoms with Gasteiger partial charge in [0.2, 0.25) is 0 Å². The van der Waals surface area contributed by atoms with E-state index in [-0.39, 0.29) is 0 Å². The largest absolute Gasteiger partial charge is 0.463 e. The van der Waals surface area contributed by atoms with Crippen LogP contribution >= 0.6 is 0 Å². The fraction of sp³-hybridized carbons (Fsp3) is 0.778. The lowest BCUT2D eigenvalue weighted by Crippen LogP contribution is -2.54. The SMILES string of the molecule is CC(C)OC(=O)C(C)NC(=O)C(F)(F)C(F)(F)F. The van der Waals surface area contributed by atoms with Crippen molar-refractivity contribution in [1.82, 2.24) is 5.32 Å². The van der Waals surface area contributed by atoms with Crippen LogP contribution in [0.1, 0.15) is 20.8 Å². The summed E-state index contributed by atoms with van der Waals surface area (Å²) in [7, 11) is 0. The van der Waals surface area contributed by atoms with Crippen LogP contribution in [0, 0.1) is 0 Å². The molecule has 0 aliphatic carbocycles. The highest BCUT2D eigenvalue weighted by Gasteiger charge is 2.63. The fourth-order valence-corrected chi connectivity index (χ4v) is 0.809. The standard InChI is InChI=1S/C9H12F5NO3/c1-4(2)18-6(16)5(3)15-7(17)8(10,11)9(12,13)14/h4-5H,1-3H3,(H,15,17). The second kappa shape index (κ2) is 5.49. The van der Waals surface area contributed by atoms with Gasteiger partial charge in [-0.2, -0.15) is 22.0 Å². The van der Waals surface area contributed by atoms with Gasteiger partial charge in [0.15, 0.2) is 0 Å². The van der Waals surface area contributed by atoms with Gasteiger partial charge < -0.3 is 10.1 Å². The lowest BCUT2D eigenvalue weighted by atomic mass is 10.2. The smallest absolute Gasteiger partial charge is 0.461 e. The van der Waals surface area contributed by atoms with Crippen molar-refractivity contribution in [2.45, 2.75) is 45.0 Å². The van der Waals surface area contributed by atoms with Crippen LogP contribution in [-0.2, 0) is 14.3 Å². The Morgan fingerprint density at radius 3 is 1.83 bits per heavy atom. The maximum atomic E-state index is 12.5. The van der Waals surface area contributed by atoms with Gasteiger partial charge >= 0.3 is 24.0 Å². The minimum atomic E-state index is -6.02. The maximum Gasteiger partial charge on any atom is 0.463 e. The third kappa shape index (κ3) is 4.11. The van der Waals surface area contributed by atoms with Crippen LogP contribution in [-0.4, -0.2) is 36.1 Å². The number of ether oxygens (including phenoxy) is 1. The van der Waals surface area contributed by atoms with E-state index < -0.39 is 36.1 Å². The van der Waals surface area contributed by atoms with Crippen LogP contribution in [0.15, 0.2) is 0 Å². The molecule has 18 heavy (non-hydrogen) atoms. The first-order chi connectivity index (χ1) is 7.89. The summed E-state index contributed by atoms with van der Waals surface area (Å²) in [5.41, 5.74) is 0. The highest BCUT2D eigenvalue weighted by Crippen LogP contribution is 2.35. The molecule has 0 aromatic carbocycles. The molecular formula is C9H12F5NO3. The molecule has 0 saturated carbocycles. The molecule has 1 atom stereocenters. The average Bonchev–Trinajstić information content (AvgIpc) is 2.14. The molecule has 0 heterocycles. The zero-order valence-corrected chi connectivity index (χ0v) is 9.77. The van der Waals surface area contributed by atoms with E-state index in [1.54, 1.807) is 0 Å². The van der Waals surface area contributed by atoms with E-state index in [0.29, 0.717) is 0 Å². The fourth-order valence-electron chi connectivity index (χ4n) is 0.809. The second-order valence-electron chi connectivity index (χ2n) is 3.75. The van der Waals surface area contributed by atoms with Crippen molar-refractivity contribution < 1.29 is 36.3 Å². The number of carbonyl (C=O) groups excluding carboxylic acids is 2. The molecule has 0 saturated heterocycles. The molecule has 4 nitrogen and oxygen atoms in total. The van der Waals surface area contributed by atoms with Crippen LogP contribution in [0.5, 0.6) is 0 Å². The topological polar surface area (TPSA) is 55.4 Å². The lowest BCUT2D eigenvalue weighted by Gasteiger charge is -2.21. The van der Waals surface area contributed by atoms with Gasteiger partial charge in [0.05, 0.1) is 6.10 Å². The summed E-state index contributed by atoms with van der Waals surface area (Å²) in [4.78, 5) is 21.8. The highest BCUT2D eigenvalue weighted by molar-refractivity contribution is 5.89. The number of hydrogen-bond donors (Lipinski definition) is 1. The van der Waals surface area contributed by atoms with Gasteiger partial charge in [-0.15, -0.1) is 0 Å². The van der Waals surface area contributed by atoms with Gasteiger partial charge in [-0.05, 0) is 20.8 Å². The first-order valence-electron chi connectivity index (χ1n) is 4.85. The summed E-state index contributed by atoms with van der Waals surface area (Å²) in [5.74, 6) is -9.25. The van der Waals surface area contributed by atoms with E-state index in [1.165, 1.54) is 19.2 Å². The molecule has 0 bridgehead atoms. The predicted molar refractivity (Wildman–Crippen MR) is 49.8 cm³/mol. The van der Waals surface area contributed by atoms with Crippen molar-refractivity contribution in [2.75, 3.05) is 0 Å². The molecule has 0 rings (SSSR count). The van der Waals surface area contributed by atoms with Crippen LogP contribution in [0.25, 0.3) is 0 Å². The van der Waals surface area contributed by atoms with Gasteiger partial charge in [-0.25, -0.2) is 4.79 Å². The molecule has 0 fully saturated rings. The minimum absolute atomic E-state index is 0.583. The lowest BCUT2D eigenvalue weighted by molar-refractivity contribution is -0.270. The molecular weight excluding hydrogens is 265 g/mol. The van der Waals surface area contributed by atoms with Crippen LogP contribution < -0.4 is 5.32 Å². The summed E-state index contributed by atoms with van der Waals surface area (Å²) in [5, 5.41) is 1.25. The quantitative estimate of drug-likeness (QED) is 0.628. The highest BCUT2D eigenvalue weighted by atomic mass is 19.4. The zero-order valence-electron chi connectivity index (χ0n) is 9.77. The zero-order chi connectivity index (χ0) is 14.7. The van der Waals surface area contributed by atoms with E-state index in [9.17, 15) is 31.5 Å². The van der Waals surface area contributed by atoms with E-state index in [1.807, 2.05) is 0 Å². The molecule has 0 aromatic rings. The van der Waals surface area contributed by atoms with Gasteiger partial charge in [-0.1, -0.05) is 0 Å². The summed E-state index contributed by atoms with van der Waals surface area (Å²) in [6.07, 6.45) is -6.60. The van der Waals surface area contributed by atoms with Crippen LogP contribution in [0.4, 0.5) is 22.0 Å². The van der Waals surface area contributed by atoms with E-state index in [4.69, 9.17) is 0 Å². The maximum absolute atomic E-state index is 12.5. The molecule has 0 spiro atoms. The Hall–Kier alpha value is -1.41. The summed E-state index contributed by atoms with van der Waals surface area (Å²) >= 11 is 0. The van der Waals surface area contributed by atoms with Crippen molar-refractivity contribution in [2.24, 2.45) is 0 Å². The second-order valence-corrected chi connectivity index (χ2v) is 3.75. The number of rotatable bonds is 4. The van der Waals surface area contributed by atoms with Crippen LogP contribution in [0.2, 0.25) is 0 Å². The number of halogens is 5. The third-order valence-corrected chi connectivity index (χ3v) is 1.69. The van der Waals surface area contributed by atoms with Crippen molar-refractivity contribution in [1.29, 1.82) is 0 Å². The van der Waals surface area contributed by atoms with Crippen molar-refractivity contribution in [3.05, 3.63) is 0 Å². The number of alkyl halides is 5. The Bertz CT molecular complexity index is 327. The molecule has 0 radical (unpaired) electrons. The van der Waals surface area contributed by atoms with Crippen molar-refractivity contribution in [3.63, 3.8) is 0 Å². The van der Waals surface area contributed by atoms with Gasteiger partial charge in [0.1, 0.15) is 6.04 Å². The summed E-state index contributed by atoms with van der Waals surface area (Å²) in [6, 6.07) is -1.60. The number of esters is 1. The normalized spacial score (nSPS) is 14.3. The number of carbonyl (C=O) groups is 2. The minimum Gasteiger partial charge on any atom is -0.461 e. The Morgan fingerprint density at radius 2 is 1.50 bits per heavy atom. The van der Waals surface area contributed by atoms with E-state index >= 15 is 0 Å². The molecule has 0 aliphatic heterocycles. The monoisotopic (exact) mass is 277 g/mol. The molecule has 9 heteroatoms. The molecule has 0 aliphatic rings. The molecule has 0 aromatic heterocycles. The van der Waals surface area contributed by atoms with E-state index in [0.717, 1.165) is 6.92 Å². The Balaban J connectivity index is 4.63. The van der Waals surface area contributed by atoms with Gasteiger partial charge in [0, 0.05) is 0 Å². The van der Waals surface area contributed by atoms with Gasteiger partial charge in [0.25, 0.3) is 0 Å². The molecule has 1 N–H and O–H groups in total. The average molecular weight is 277 g/mol. The molecule has 106 valence electrons. The van der Waals surface area contributed by atoms with Crippen LogP contribution in [0.3, 0.4) is 0 Å². The number of nitrogens with one attached hydrogen (secondary N) is 1. The Labute approximate surface area is 99.5 Å². The Kier molecular flexibility index (Phi) is 5.06. The molecule has 1 unspecified atom stereocenters. The van der Waals surface area contributed by atoms with E-state index in [2.05, 4.69) is 4.74 Å². The summed E-state index contributed by atoms with van der Waals surface area (Å²) < 4.78 is 65.0.